The van der Waals surface area contributed by atoms with Crippen LogP contribution < -0.4 is 0 Å². The highest BCUT2D eigenvalue weighted by atomic mass is 14.0. The largest absolute Gasteiger partial charge is 0.126 e. The molecule has 0 aliphatic carbocycles. The van der Waals surface area contributed by atoms with Crippen molar-refractivity contribution >= 4 is 0 Å². The molecule has 0 aliphatic rings. The molecule has 0 saturated heterocycles. The number of unbranched alkanes of at least 4 members (excludes halogenated alkanes) is 2. The molecule has 0 radical (unpaired) electrons. The fourth-order valence-electron chi connectivity index (χ4n) is 1.11. The third-order valence-corrected chi connectivity index (χ3v) is 1.92. The van der Waals surface area contributed by atoms with Crippen LogP contribution in [0, 0.1) is 5.92 Å². The summed E-state index contributed by atoms with van der Waals surface area (Å²) < 4.78 is 0. The molecule has 0 rings (SSSR count). The first-order valence-electron chi connectivity index (χ1n) is 5.06. The zero-order chi connectivity index (χ0) is 9.40. The van der Waals surface area contributed by atoms with Crippen LogP contribution in [0.3, 0.4) is 0 Å². The second-order valence-corrected chi connectivity index (χ2v) is 3.78. The van der Waals surface area contributed by atoms with Crippen LogP contribution in [0.5, 0.6) is 0 Å². The Bertz CT molecular complexity index is 155. The molecule has 0 nitrogen and oxygen atoms in total. The first-order chi connectivity index (χ1) is 5.66. The lowest BCUT2D eigenvalue weighted by Gasteiger charge is -2.02. The van der Waals surface area contributed by atoms with E-state index in [2.05, 4.69) is 39.5 Å². The Morgan fingerprint density at radius 1 is 1.33 bits per heavy atom. The Morgan fingerprint density at radius 3 is 2.50 bits per heavy atom. The van der Waals surface area contributed by atoms with Crippen molar-refractivity contribution in [1.82, 2.24) is 0 Å². The highest BCUT2D eigenvalue weighted by Gasteiger charge is 1.94. The van der Waals surface area contributed by atoms with Gasteiger partial charge in [-0.1, -0.05) is 33.1 Å². The van der Waals surface area contributed by atoms with Gasteiger partial charge in [-0.3, -0.25) is 0 Å². The van der Waals surface area contributed by atoms with Gasteiger partial charge in [-0.05, 0) is 37.8 Å². The highest BCUT2D eigenvalue weighted by molar-refractivity contribution is 4.95. The molecule has 0 fully saturated rings. The Balaban J connectivity index is 3.59. The molecular formula is C12H22. The molecule has 0 N–H and O–H groups in total. The van der Waals surface area contributed by atoms with Crippen molar-refractivity contribution in [2.75, 3.05) is 0 Å². The minimum absolute atomic E-state index is 0.700. The van der Waals surface area contributed by atoms with Gasteiger partial charge in [0.15, 0.2) is 0 Å². The zero-order valence-electron chi connectivity index (χ0n) is 8.98. The molecule has 1 atom stereocenters. The van der Waals surface area contributed by atoms with Gasteiger partial charge in [-0.2, -0.15) is 0 Å². The normalized spacial score (nSPS) is 12.0. The maximum Gasteiger partial charge on any atom is -0.0186 e. The van der Waals surface area contributed by atoms with Gasteiger partial charge < -0.3 is 0 Å². The first kappa shape index (κ1) is 11.5. The first-order valence-corrected chi connectivity index (χ1v) is 5.06. The van der Waals surface area contributed by atoms with E-state index in [0.717, 1.165) is 0 Å². The Morgan fingerprint density at radius 2 is 2.00 bits per heavy atom. The molecule has 12 heavy (non-hydrogen) atoms. The Kier molecular flexibility index (Phi) is 6.90. The SMILES string of the molecule is CCCCCC(C)C=C=C(C)C. The van der Waals surface area contributed by atoms with Crippen molar-refractivity contribution in [3.05, 3.63) is 17.4 Å². The van der Waals surface area contributed by atoms with Crippen molar-refractivity contribution in [3.8, 4) is 0 Å². The van der Waals surface area contributed by atoms with Crippen molar-refractivity contribution in [2.24, 2.45) is 5.92 Å². The van der Waals surface area contributed by atoms with Crippen LogP contribution in [0.4, 0.5) is 0 Å². The summed E-state index contributed by atoms with van der Waals surface area (Å²) in [6.45, 7) is 8.70. The van der Waals surface area contributed by atoms with Crippen LogP contribution in [0.25, 0.3) is 0 Å². The Labute approximate surface area is 77.4 Å². The smallest absolute Gasteiger partial charge is 0.0186 e. The predicted octanol–water partition coefficient (Wildman–Crippen LogP) is 4.32. The van der Waals surface area contributed by atoms with E-state index in [1.165, 1.54) is 31.3 Å². The van der Waals surface area contributed by atoms with Crippen LogP contribution in [-0.2, 0) is 0 Å². The van der Waals surface area contributed by atoms with Gasteiger partial charge in [0.2, 0.25) is 0 Å². The van der Waals surface area contributed by atoms with E-state index in [0.29, 0.717) is 5.92 Å². The van der Waals surface area contributed by atoms with Crippen molar-refractivity contribution < 1.29 is 0 Å². The summed E-state index contributed by atoms with van der Waals surface area (Å²) in [5, 5.41) is 0. The number of rotatable bonds is 5. The van der Waals surface area contributed by atoms with Gasteiger partial charge in [-0.25, -0.2) is 0 Å². The summed E-state index contributed by atoms with van der Waals surface area (Å²) in [6.07, 6.45) is 7.56. The van der Waals surface area contributed by atoms with Gasteiger partial charge in [-0.15, -0.1) is 5.73 Å². The molecule has 0 aromatic rings. The van der Waals surface area contributed by atoms with Gasteiger partial charge >= 0.3 is 0 Å². The molecular weight excluding hydrogens is 144 g/mol. The number of hydrogen-bond donors (Lipinski definition) is 0. The minimum atomic E-state index is 0.700. The monoisotopic (exact) mass is 166 g/mol. The summed E-state index contributed by atoms with van der Waals surface area (Å²) in [5.41, 5.74) is 4.54. The van der Waals surface area contributed by atoms with Crippen LogP contribution in [0.1, 0.15) is 53.4 Å². The summed E-state index contributed by atoms with van der Waals surface area (Å²) in [5.74, 6) is 0.700. The predicted molar refractivity (Wildman–Crippen MR) is 56.3 cm³/mol. The third-order valence-electron chi connectivity index (χ3n) is 1.92. The summed E-state index contributed by atoms with van der Waals surface area (Å²) in [4.78, 5) is 0. The fourth-order valence-corrected chi connectivity index (χ4v) is 1.11. The van der Waals surface area contributed by atoms with Crippen LogP contribution in [-0.4, -0.2) is 0 Å². The topological polar surface area (TPSA) is 0 Å². The van der Waals surface area contributed by atoms with Crippen molar-refractivity contribution in [1.29, 1.82) is 0 Å². The summed E-state index contributed by atoms with van der Waals surface area (Å²) in [7, 11) is 0. The second-order valence-electron chi connectivity index (χ2n) is 3.78. The minimum Gasteiger partial charge on any atom is -0.126 e. The van der Waals surface area contributed by atoms with E-state index >= 15 is 0 Å². The average Bonchev–Trinajstić information content (AvgIpc) is 2.01. The lowest BCUT2D eigenvalue weighted by atomic mass is 10.0. The molecule has 0 heteroatoms. The molecule has 0 spiro atoms. The molecule has 0 heterocycles. The quantitative estimate of drug-likeness (QED) is 0.421. The summed E-state index contributed by atoms with van der Waals surface area (Å²) >= 11 is 0. The Hall–Kier alpha value is -0.480. The van der Waals surface area contributed by atoms with Crippen LogP contribution in [0.15, 0.2) is 17.4 Å². The van der Waals surface area contributed by atoms with Crippen molar-refractivity contribution in [3.63, 3.8) is 0 Å². The molecule has 0 aliphatic heterocycles. The van der Waals surface area contributed by atoms with E-state index < -0.39 is 0 Å². The fraction of sp³-hybridized carbons (Fsp3) is 0.750. The third kappa shape index (κ3) is 7.63. The molecule has 70 valence electrons. The van der Waals surface area contributed by atoms with Crippen LogP contribution in [0.2, 0.25) is 0 Å². The van der Waals surface area contributed by atoms with E-state index in [4.69, 9.17) is 0 Å². The van der Waals surface area contributed by atoms with E-state index in [-0.39, 0.29) is 0 Å². The second kappa shape index (κ2) is 7.18. The highest BCUT2D eigenvalue weighted by Crippen LogP contribution is 2.09. The average molecular weight is 166 g/mol. The van der Waals surface area contributed by atoms with Crippen molar-refractivity contribution in [2.45, 2.75) is 53.4 Å². The zero-order valence-corrected chi connectivity index (χ0v) is 8.98. The standard InChI is InChI=1S/C12H22/c1-5-6-7-8-12(4)10-9-11(2)3/h10,12H,5-8H2,1-4H3. The van der Waals surface area contributed by atoms with E-state index in [9.17, 15) is 0 Å². The van der Waals surface area contributed by atoms with Gasteiger partial charge in [0.25, 0.3) is 0 Å². The lowest BCUT2D eigenvalue weighted by molar-refractivity contribution is 0.576. The number of hydrogen-bond acceptors (Lipinski definition) is 0. The molecule has 0 aromatic carbocycles. The van der Waals surface area contributed by atoms with E-state index in [1.807, 2.05) is 0 Å². The lowest BCUT2D eigenvalue weighted by Crippen LogP contribution is -1.88. The molecule has 0 bridgehead atoms. The number of allylic oxidation sites excluding steroid dienone is 1. The van der Waals surface area contributed by atoms with Crippen LogP contribution >= 0.6 is 0 Å². The van der Waals surface area contributed by atoms with Gasteiger partial charge in [0.1, 0.15) is 0 Å². The molecule has 0 aromatic heterocycles. The summed E-state index contributed by atoms with van der Waals surface area (Å²) in [6, 6.07) is 0. The van der Waals surface area contributed by atoms with Gasteiger partial charge in [0.05, 0.1) is 0 Å². The van der Waals surface area contributed by atoms with E-state index in [1.54, 1.807) is 0 Å². The molecule has 0 saturated carbocycles. The maximum atomic E-state index is 3.26. The molecule has 0 amide bonds. The molecule has 1 unspecified atom stereocenters. The van der Waals surface area contributed by atoms with Gasteiger partial charge in [0, 0.05) is 0 Å². The maximum absolute atomic E-state index is 3.26.